The van der Waals surface area contributed by atoms with Crippen molar-refractivity contribution in [1.82, 2.24) is 5.32 Å². The van der Waals surface area contributed by atoms with Crippen LogP contribution < -0.4 is 5.32 Å². The maximum absolute atomic E-state index is 11.2. The standard InChI is InChI=1S/C9H12N2O3/c1-3-13-9(12)7(4-10)8-11-5-6(2)14-8/h6,11H,3,5H2,1-2H3/b8-7+. The molecular formula is C9H12N2O3. The van der Waals surface area contributed by atoms with E-state index in [-0.39, 0.29) is 24.2 Å². The fraction of sp³-hybridized carbons (Fsp3) is 0.556. The van der Waals surface area contributed by atoms with Crippen molar-refractivity contribution in [1.29, 1.82) is 5.26 Å². The third kappa shape index (κ3) is 2.16. The van der Waals surface area contributed by atoms with Crippen LogP contribution in [0.5, 0.6) is 0 Å². The van der Waals surface area contributed by atoms with Gasteiger partial charge >= 0.3 is 5.97 Å². The van der Waals surface area contributed by atoms with Crippen LogP contribution in [0.4, 0.5) is 0 Å². The van der Waals surface area contributed by atoms with E-state index in [0.29, 0.717) is 6.54 Å². The number of ether oxygens (including phenoxy) is 2. The average Bonchev–Trinajstić information content (AvgIpc) is 2.54. The van der Waals surface area contributed by atoms with Crippen LogP contribution in [-0.2, 0) is 14.3 Å². The second kappa shape index (κ2) is 4.51. The molecule has 1 aliphatic heterocycles. The van der Waals surface area contributed by atoms with E-state index in [1.807, 2.05) is 6.92 Å². The normalized spacial score (nSPS) is 23.1. The molecule has 0 amide bonds. The van der Waals surface area contributed by atoms with Crippen molar-refractivity contribution in [2.24, 2.45) is 0 Å². The monoisotopic (exact) mass is 196 g/mol. The van der Waals surface area contributed by atoms with Gasteiger partial charge in [-0.05, 0) is 13.8 Å². The number of nitriles is 1. The number of hydrogen-bond donors (Lipinski definition) is 1. The van der Waals surface area contributed by atoms with Crippen LogP contribution in [0.25, 0.3) is 0 Å². The SMILES string of the molecule is CCOC(=O)/C(C#N)=C1\NCC(C)O1. The predicted octanol–water partition coefficient (Wildman–Crippen LogP) is 0.293. The van der Waals surface area contributed by atoms with Crippen molar-refractivity contribution < 1.29 is 14.3 Å². The molecule has 1 unspecified atom stereocenters. The lowest BCUT2D eigenvalue weighted by molar-refractivity contribution is -0.138. The summed E-state index contributed by atoms with van der Waals surface area (Å²) in [5.41, 5.74) is -0.101. The predicted molar refractivity (Wildman–Crippen MR) is 47.8 cm³/mol. The highest BCUT2D eigenvalue weighted by Crippen LogP contribution is 2.13. The van der Waals surface area contributed by atoms with Crippen molar-refractivity contribution in [3.63, 3.8) is 0 Å². The number of carbonyl (C=O) groups excluding carboxylic acids is 1. The van der Waals surface area contributed by atoms with E-state index in [2.05, 4.69) is 5.32 Å². The van der Waals surface area contributed by atoms with Gasteiger partial charge in [-0.2, -0.15) is 5.26 Å². The lowest BCUT2D eigenvalue weighted by Crippen LogP contribution is -2.15. The van der Waals surface area contributed by atoms with E-state index >= 15 is 0 Å². The summed E-state index contributed by atoms with van der Waals surface area (Å²) in [6, 6.07) is 1.77. The fourth-order valence-electron chi connectivity index (χ4n) is 1.06. The van der Waals surface area contributed by atoms with Gasteiger partial charge in [0.15, 0.2) is 5.57 Å². The molecule has 1 rings (SSSR count). The molecule has 76 valence electrons. The van der Waals surface area contributed by atoms with Crippen LogP contribution in [0, 0.1) is 11.3 Å². The summed E-state index contributed by atoms with van der Waals surface area (Å²) in [6.45, 7) is 4.37. The van der Waals surface area contributed by atoms with Crippen LogP contribution in [0.1, 0.15) is 13.8 Å². The van der Waals surface area contributed by atoms with Crippen LogP contribution in [-0.4, -0.2) is 25.2 Å². The maximum Gasteiger partial charge on any atom is 0.354 e. The van der Waals surface area contributed by atoms with Crippen molar-refractivity contribution in [2.75, 3.05) is 13.2 Å². The third-order valence-corrected chi connectivity index (χ3v) is 1.69. The van der Waals surface area contributed by atoms with Gasteiger partial charge in [0, 0.05) is 0 Å². The van der Waals surface area contributed by atoms with Gasteiger partial charge in [0.25, 0.3) is 0 Å². The zero-order valence-corrected chi connectivity index (χ0v) is 8.16. The molecule has 1 heterocycles. The van der Waals surface area contributed by atoms with Crippen LogP contribution in [0.15, 0.2) is 11.5 Å². The summed E-state index contributed by atoms with van der Waals surface area (Å²) >= 11 is 0. The zero-order chi connectivity index (χ0) is 10.6. The quantitative estimate of drug-likeness (QED) is 0.390. The number of esters is 1. The maximum atomic E-state index is 11.2. The minimum Gasteiger partial charge on any atom is -0.473 e. The highest BCUT2D eigenvalue weighted by molar-refractivity contribution is 5.93. The number of rotatable bonds is 2. The van der Waals surface area contributed by atoms with Crippen molar-refractivity contribution in [2.45, 2.75) is 20.0 Å². The highest BCUT2D eigenvalue weighted by atomic mass is 16.5. The second-order valence-electron chi connectivity index (χ2n) is 2.85. The molecule has 0 aromatic carbocycles. The number of nitrogens with zero attached hydrogens (tertiary/aromatic N) is 1. The fourth-order valence-corrected chi connectivity index (χ4v) is 1.06. The molecule has 14 heavy (non-hydrogen) atoms. The minimum absolute atomic E-state index is 0.0252. The summed E-state index contributed by atoms with van der Waals surface area (Å²) in [4.78, 5) is 11.2. The van der Waals surface area contributed by atoms with Crippen LogP contribution >= 0.6 is 0 Å². The van der Waals surface area contributed by atoms with Gasteiger partial charge in [0.1, 0.15) is 12.2 Å². The Morgan fingerprint density at radius 1 is 1.86 bits per heavy atom. The summed E-state index contributed by atoms with van der Waals surface area (Å²) < 4.78 is 9.93. The van der Waals surface area contributed by atoms with Gasteiger partial charge in [-0.3, -0.25) is 0 Å². The molecule has 0 aliphatic carbocycles. The molecule has 1 atom stereocenters. The van der Waals surface area contributed by atoms with Gasteiger partial charge in [-0.15, -0.1) is 0 Å². The summed E-state index contributed by atoms with van der Waals surface area (Å²) in [5.74, 6) is -0.426. The summed E-state index contributed by atoms with van der Waals surface area (Å²) in [7, 11) is 0. The van der Waals surface area contributed by atoms with E-state index in [0.717, 1.165) is 0 Å². The Morgan fingerprint density at radius 2 is 2.57 bits per heavy atom. The molecule has 1 aliphatic rings. The molecule has 1 saturated heterocycles. The molecular weight excluding hydrogens is 184 g/mol. The Kier molecular flexibility index (Phi) is 3.35. The molecule has 0 aromatic rings. The number of nitrogens with one attached hydrogen (secondary N) is 1. The lowest BCUT2D eigenvalue weighted by Gasteiger charge is -2.04. The summed E-state index contributed by atoms with van der Waals surface area (Å²) in [6.07, 6.45) is -0.0252. The topological polar surface area (TPSA) is 71.4 Å². The van der Waals surface area contributed by atoms with Crippen LogP contribution in [0.2, 0.25) is 0 Å². The van der Waals surface area contributed by atoms with E-state index in [1.165, 1.54) is 0 Å². The van der Waals surface area contributed by atoms with E-state index in [9.17, 15) is 4.79 Å². The first-order chi connectivity index (χ1) is 6.69. The largest absolute Gasteiger partial charge is 0.473 e. The molecule has 0 aromatic heterocycles. The van der Waals surface area contributed by atoms with Gasteiger partial charge in [0.2, 0.25) is 5.88 Å². The molecule has 1 fully saturated rings. The lowest BCUT2D eigenvalue weighted by atomic mass is 10.3. The minimum atomic E-state index is -0.647. The first-order valence-corrected chi connectivity index (χ1v) is 4.41. The van der Waals surface area contributed by atoms with Gasteiger partial charge in [-0.25, -0.2) is 4.79 Å². The Bertz CT molecular complexity index is 304. The average molecular weight is 196 g/mol. The van der Waals surface area contributed by atoms with Crippen molar-refractivity contribution in [3.05, 3.63) is 11.5 Å². The van der Waals surface area contributed by atoms with Gasteiger partial charge in [-0.1, -0.05) is 0 Å². The summed E-state index contributed by atoms with van der Waals surface area (Å²) in [5, 5.41) is 11.6. The van der Waals surface area contributed by atoms with Crippen molar-refractivity contribution in [3.8, 4) is 6.07 Å². The Labute approximate surface area is 82.3 Å². The van der Waals surface area contributed by atoms with E-state index < -0.39 is 5.97 Å². The first-order valence-electron chi connectivity index (χ1n) is 4.41. The molecule has 0 bridgehead atoms. The molecule has 1 N–H and O–H groups in total. The zero-order valence-electron chi connectivity index (χ0n) is 8.16. The number of carbonyl (C=O) groups is 1. The molecule has 5 nitrogen and oxygen atoms in total. The Morgan fingerprint density at radius 3 is 3.00 bits per heavy atom. The van der Waals surface area contributed by atoms with E-state index in [1.54, 1.807) is 13.0 Å². The smallest absolute Gasteiger partial charge is 0.354 e. The highest BCUT2D eigenvalue weighted by Gasteiger charge is 2.24. The molecule has 0 spiro atoms. The first kappa shape index (κ1) is 10.4. The molecule has 0 saturated carbocycles. The Hall–Kier alpha value is -1.70. The van der Waals surface area contributed by atoms with Crippen LogP contribution in [0.3, 0.4) is 0 Å². The van der Waals surface area contributed by atoms with Gasteiger partial charge in [0.05, 0.1) is 13.2 Å². The van der Waals surface area contributed by atoms with E-state index in [4.69, 9.17) is 14.7 Å². The molecule has 0 radical (unpaired) electrons. The van der Waals surface area contributed by atoms with Gasteiger partial charge < -0.3 is 14.8 Å². The molecule has 5 heteroatoms. The van der Waals surface area contributed by atoms with Crippen molar-refractivity contribution >= 4 is 5.97 Å². The Balaban J connectivity index is 2.80. The number of hydrogen-bond acceptors (Lipinski definition) is 5. The second-order valence-corrected chi connectivity index (χ2v) is 2.85. The third-order valence-electron chi connectivity index (χ3n) is 1.69.